The van der Waals surface area contributed by atoms with Gasteiger partial charge in [-0.2, -0.15) is 40.8 Å². The lowest BCUT2D eigenvalue weighted by Crippen LogP contribution is -2.16. The lowest BCUT2D eigenvalue weighted by Gasteiger charge is -2.16. The minimum Gasteiger partial charge on any atom is -0.243 e. The zero-order valence-electron chi connectivity index (χ0n) is 60.3. The molecule has 1 aliphatic carbocycles. The number of benzene rings is 2. The van der Waals surface area contributed by atoms with E-state index in [1.807, 2.05) is 93.9 Å². The molecule has 0 spiro atoms. The van der Waals surface area contributed by atoms with Crippen molar-refractivity contribution in [2.45, 2.75) is 190 Å². The second-order valence-corrected chi connectivity index (χ2v) is 26.1. The SMILES string of the molecule is CC(=N\n1c(C(C)C)ccc1C(C)C)/C(C)=N/n1c(C(C)C)ccc1C(C)C.CC(=N\n1c(C)ccc1C)/C(C)=N/n1c(C)ccc1C.Cc1ccc(C)n1/N=C/C=N/n1c(C)ccc1C.Cc1ccc(C)n1/N=C1/C(=N/n2c(C)ccc2C)c2cccc3cccc1c23. The van der Waals surface area contributed by atoms with E-state index >= 15 is 0 Å². The molecule has 1 aliphatic rings. The lowest BCUT2D eigenvalue weighted by atomic mass is 10.1. The van der Waals surface area contributed by atoms with Crippen molar-refractivity contribution in [3.8, 4) is 0 Å². The fraction of sp³-hybridized carbons (Fsp3) is 0.359. The smallest absolute Gasteiger partial charge is 0.120 e. The molecule has 16 nitrogen and oxygen atoms in total. The van der Waals surface area contributed by atoms with E-state index in [1.54, 1.807) is 12.4 Å². The second kappa shape index (κ2) is 30.4. The van der Waals surface area contributed by atoms with Crippen LogP contribution in [0.25, 0.3) is 10.8 Å². The predicted octanol–water partition coefficient (Wildman–Crippen LogP) is 18.7. The maximum Gasteiger partial charge on any atom is 0.120 e. The van der Waals surface area contributed by atoms with Gasteiger partial charge in [-0.05, 0) is 237 Å². The molecule has 8 heterocycles. The summed E-state index contributed by atoms with van der Waals surface area (Å²) < 4.78 is 15.9. The van der Waals surface area contributed by atoms with Crippen LogP contribution in [0.1, 0.15) is 209 Å². The van der Waals surface area contributed by atoms with Gasteiger partial charge >= 0.3 is 0 Å². The minimum atomic E-state index is 0.422. The van der Waals surface area contributed by atoms with Crippen molar-refractivity contribution in [3.05, 3.63) is 236 Å². The van der Waals surface area contributed by atoms with Crippen LogP contribution in [0, 0.1) is 83.1 Å². The molecule has 0 N–H and O–H groups in total. The third-order valence-electron chi connectivity index (χ3n) is 17.1. The topological polar surface area (TPSA) is 138 Å². The first-order valence-corrected chi connectivity index (χ1v) is 32.9. The first-order chi connectivity index (χ1) is 44.6. The summed E-state index contributed by atoms with van der Waals surface area (Å²) in [6, 6.07) is 46.4. The maximum absolute atomic E-state index is 5.07. The monoisotopic (exact) mass is 1260 g/mol. The molecular formula is C78H100N16. The van der Waals surface area contributed by atoms with E-state index in [-0.39, 0.29) is 0 Å². The highest BCUT2D eigenvalue weighted by molar-refractivity contribution is 6.60. The summed E-state index contributed by atoms with van der Waals surface area (Å²) in [6.45, 7) is 50.5. The molecule has 8 aromatic heterocycles. The Morgan fingerprint density at radius 2 is 0.500 bits per heavy atom. The summed E-state index contributed by atoms with van der Waals surface area (Å²) in [5.74, 6) is 1.69. The Morgan fingerprint density at radius 3 is 0.745 bits per heavy atom. The molecule has 0 atom stereocenters. The van der Waals surface area contributed by atoms with Crippen LogP contribution in [0.4, 0.5) is 0 Å². The van der Waals surface area contributed by atoms with Gasteiger partial charge < -0.3 is 0 Å². The van der Waals surface area contributed by atoms with Crippen LogP contribution in [0.3, 0.4) is 0 Å². The third kappa shape index (κ3) is 15.8. The van der Waals surface area contributed by atoms with Crippen molar-refractivity contribution in [2.75, 3.05) is 0 Å². The van der Waals surface area contributed by atoms with Gasteiger partial charge in [0, 0.05) is 108 Å². The molecule has 0 amide bonds. The Morgan fingerprint density at radius 1 is 0.277 bits per heavy atom. The Balaban J connectivity index is 0.000000164. The van der Waals surface area contributed by atoms with Crippen molar-refractivity contribution >= 4 is 57.5 Å². The average Bonchev–Trinajstić information content (AvgIpc) is 1.59. The Hall–Kier alpha value is -9.70. The van der Waals surface area contributed by atoms with Gasteiger partial charge in [-0.3, -0.25) is 0 Å². The van der Waals surface area contributed by atoms with Crippen molar-refractivity contribution in [1.29, 1.82) is 0 Å². The van der Waals surface area contributed by atoms with Crippen LogP contribution in [0.5, 0.6) is 0 Å². The quantitative estimate of drug-likeness (QED) is 0.0903. The molecule has 0 unspecified atom stereocenters. The summed E-state index contributed by atoms with van der Waals surface area (Å²) in [5.41, 5.74) is 26.2. The Labute approximate surface area is 558 Å². The van der Waals surface area contributed by atoms with E-state index in [2.05, 4.69) is 264 Å². The fourth-order valence-electron chi connectivity index (χ4n) is 11.3. The predicted molar refractivity (Wildman–Crippen MR) is 398 cm³/mol. The van der Waals surface area contributed by atoms with Crippen molar-refractivity contribution in [3.63, 3.8) is 0 Å². The summed E-state index contributed by atoms with van der Waals surface area (Å²) in [5, 5.41) is 40.5. The van der Waals surface area contributed by atoms with E-state index < -0.39 is 0 Å². The van der Waals surface area contributed by atoms with Crippen molar-refractivity contribution < 1.29 is 0 Å². The van der Waals surface area contributed by atoms with E-state index in [0.717, 1.165) is 114 Å². The van der Waals surface area contributed by atoms with Gasteiger partial charge in [0.15, 0.2) is 0 Å². The lowest BCUT2D eigenvalue weighted by molar-refractivity contribution is 0.662. The van der Waals surface area contributed by atoms with Crippen molar-refractivity contribution in [1.82, 2.24) is 37.4 Å². The molecule has 0 fully saturated rings. The molecule has 2 aromatic carbocycles. The summed E-state index contributed by atoms with van der Waals surface area (Å²) in [6.07, 6.45) is 3.41. The normalized spacial score (nSPS) is 13.9. The summed E-state index contributed by atoms with van der Waals surface area (Å²) >= 11 is 0. The van der Waals surface area contributed by atoms with Crippen LogP contribution in [0.15, 0.2) is 174 Å². The van der Waals surface area contributed by atoms with Crippen LogP contribution >= 0.6 is 0 Å². The van der Waals surface area contributed by atoms with Crippen LogP contribution < -0.4 is 0 Å². The van der Waals surface area contributed by atoms with E-state index in [0.29, 0.717) is 23.7 Å². The van der Waals surface area contributed by atoms with Gasteiger partial charge in [0.2, 0.25) is 0 Å². The highest BCUT2D eigenvalue weighted by Gasteiger charge is 2.29. The molecule has 492 valence electrons. The zero-order valence-corrected chi connectivity index (χ0v) is 60.3. The number of aryl methyl sites for hydroxylation is 12. The van der Waals surface area contributed by atoms with Gasteiger partial charge in [-0.1, -0.05) is 91.8 Å². The highest BCUT2D eigenvalue weighted by atomic mass is 15.4. The molecule has 10 aromatic rings. The second-order valence-electron chi connectivity index (χ2n) is 26.1. The molecule has 94 heavy (non-hydrogen) atoms. The van der Waals surface area contributed by atoms with E-state index in [1.165, 1.54) is 33.5 Å². The third-order valence-corrected chi connectivity index (χ3v) is 17.1. The maximum atomic E-state index is 5.07. The standard InChI is InChI=1S/C24H22N4.C24H38N4.C16H22N4.C14H18N4/c1-15-11-12-16(2)27(15)25-23-20-9-5-7-19-8-6-10-21(22(19)20)24(23)26-28-17(3)13-14-18(28)4;1-15(2)21-11-12-22(16(3)4)27(21)25-19(9)20(10)26-28-23(17(5)6)13-14-24(28)18(7)8;1-11-7-8-12(2)19(11)17-15(5)16(6)18-20-13(3)9-10-14(20)4;1-11-5-6-12(2)17(11)15-9-10-16-18-13(3)7-8-14(18)4/h5-14H,1-4H3;11-18H,1-10H3;7-10H,1-6H3;5-10H,1-4H3/b25-23+,26-24+;25-19+,26-20+;17-15+,18-16+;15-9+,16-10+. The molecule has 0 bridgehead atoms. The molecule has 11 rings (SSSR count). The molecule has 0 radical (unpaired) electrons. The first-order valence-electron chi connectivity index (χ1n) is 32.9. The number of rotatable bonds is 15. The highest BCUT2D eigenvalue weighted by Crippen LogP contribution is 2.33. The molecule has 0 saturated carbocycles. The number of aromatic nitrogens is 8. The minimum absolute atomic E-state index is 0.422. The zero-order chi connectivity index (χ0) is 68.6. The van der Waals surface area contributed by atoms with Crippen LogP contribution in [-0.2, 0) is 0 Å². The van der Waals surface area contributed by atoms with Gasteiger partial charge in [0.05, 0.1) is 35.3 Å². The average molecular weight is 1260 g/mol. The fourth-order valence-corrected chi connectivity index (χ4v) is 11.3. The van der Waals surface area contributed by atoms with Crippen LogP contribution in [0.2, 0.25) is 0 Å². The molecule has 0 saturated heterocycles. The first kappa shape index (κ1) is 70.2. The van der Waals surface area contributed by atoms with E-state index in [9.17, 15) is 0 Å². The molecule has 0 aliphatic heterocycles. The van der Waals surface area contributed by atoms with Gasteiger partial charge in [0.25, 0.3) is 0 Å². The Kier molecular flexibility index (Phi) is 22.7. The summed E-state index contributed by atoms with van der Waals surface area (Å²) in [7, 11) is 0. The number of hydrogen-bond acceptors (Lipinski definition) is 8. The van der Waals surface area contributed by atoms with Gasteiger partial charge in [0.1, 0.15) is 11.4 Å². The van der Waals surface area contributed by atoms with E-state index in [4.69, 9.17) is 20.4 Å². The molecule has 16 heteroatoms. The summed E-state index contributed by atoms with van der Waals surface area (Å²) in [4.78, 5) is 0. The van der Waals surface area contributed by atoms with Crippen molar-refractivity contribution in [2.24, 2.45) is 40.8 Å². The number of hydrogen-bond donors (Lipinski definition) is 0. The van der Waals surface area contributed by atoms with Gasteiger partial charge in [-0.15, -0.1) is 0 Å². The largest absolute Gasteiger partial charge is 0.243 e. The van der Waals surface area contributed by atoms with Crippen LogP contribution in [-0.4, -0.2) is 84.1 Å². The van der Waals surface area contributed by atoms with Gasteiger partial charge in [-0.25, -0.2) is 37.4 Å². The molecular weight excluding hydrogens is 1160 g/mol. The number of nitrogens with zero attached hydrogens (tertiary/aromatic N) is 16. The Bertz CT molecular complexity index is 4120.